The number of nitrogens with zero attached hydrogens (tertiary/aromatic N) is 2. The average Bonchev–Trinajstić information content (AvgIpc) is 2.54. The van der Waals surface area contributed by atoms with Gasteiger partial charge in [-0.25, -0.2) is 4.99 Å². The molecule has 1 aliphatic heterocycles. The fraction of sp³-hybridized carbons (Fsp3) is 0.182. The molecular weight excluding hydrogens is 212 g/mol. The molecule has 76 valence electrons. The van der Waals surface area contributed by atoms with Crippen LogP contribution < -0.4 is 0 Å². The Morgan fingerprint density at radius 3 is 3.13 bits per heavy atom. The maximum absolute atomic E-state index is 9.95. The smallest absolute Gasteiger partial charge is 0.176 e. The Bertz CT molecular complexity index is 571. The molecule has 3 nitrogen and oxygen atoms in total. The van der Waals surface area contributed by atoms with E-state index in [9.17, 15) is 5.11 Å². The van der Waals surface area contributed by atoms with Gasteiger partial charge in [0.2, 0.25) is 0 Å². The third-order valence-electron chi connectivity index (χ3n) is 2.67. The minimum Gasteiger partial charge on any atom is -0.504 e. The molecule has 3 rings (SSSR count). The third-order valence-corrected chi connectivity index (χ3v) is 2.90. The van der Waals surface area contributed by atoms with Gasteiger partial charge >= 0.3 is 0 Å². The monoisotopic (exact) mass is 220 g/mol. The number of fused-ring (bicyclic) bond motifs is 3. The number of hydrogen-bond acceptors (Lipinski definition) is 2. The van der Waals surface area contributed by atoms with E-state index < -0.39 is 0 Å². The van der Waals surface area contributed by atoms with Crippen LogP contribution in [0.25, 0.3) is 10.9 Å². The van der Waals surface area contributed by atoms with Crippen LogP contribution in [0.4, 0.5) is 5.82 Å². The van der Waals surface area contributed by atoms with Crippen LogP contribution in [0, 0.1) is 0 Å². The highest BCUT2D eigenvalue weighted by molar-refractivity contribution is 6.31. The highest BCUT2D eigenvalue weighted by Gasteiger charge is 2.17. The number of aromatic hydroxyl groups is 1. The maximum atomic E-state index is 9.95. The van der Waals surface area contributed by atoms with Crippen molar-refractivity contribution in [2.24, 2.45) is 4.99 Å². The van der Waals surface area contributed by atoms with Crippen molar-refractivity contribution in [3.63, 3.8) is 0 Å². The van der Waals surface area contributed by atoms with Crippen molar-refractivity contribution in [3.8, 4) is 5.75 Å². The van der Waals surface area contributed by atoms with Crippen LogP contribution in [0.3, 0.4) is 0 Å². The topological polar surface area (TPSA) is 37.5 Å². The van der Waals surface area contributed by atoms with Crippen molar-refractivity contribution >= 4 is 34.5 Å². The summed E-state index contributed by atoms with van der Waals surface area (Å²) in [5.74, 6) is 0.885. The van der Waals surface area contributed by atoms with Crippen molar-refractivity contribution in [1.29, 1.82) is 0 Å². The summed E-state index contributed by atoms with van der Waals surface area (Å²) in [6.45, 7) is 0.843. The second kappa shape index (κ2) is 3.00. The van der Waals surface area contributed by atoms with Crippen molar-refractivity contribution in [2.75, 3.05) is 0 Å². The van der Waals surface area contributed by atoms with Gasteiger partial charge in [0.1, 0.15) is 0 Å². The van der Waals surface area contributed by atoms with Crippen LogP contribution in [0.1, 0.15) is 6.42 Å². The van der Waals surface area contributed by atoms with Gasteiger partial charge in [-0.3, -0.25) is 0 Å². The normalized spacial score (nSPS) is 14.5. The largest absolute Gasteiger partial charge is 0.504 e. The lowest BCUT2D eigenvalue weighted by Gasteiger charge is -2.09. The molecule has 0 radical (unpaired) electrons. The van der Waals surface area contributed by atoms with E-state index in [1.165, 1.54) is 0 Å². The summed E-state index contributed by atoms with van der Waals surface area (Å²) in [5, 5.41) is 11.4. The Balaban J connectivity index is 2.45. The summed E-state index contributed by atoms with van der Waals surface area (Å²) >= 11 is 5.94. The highest BCUT2D eigenvalue weighted by atomic mass is 35.5. The SMILES string of the molecule is Oc1c2n(c3cc(Cl)ccc13)CCC=N2. The van der Waals surface area contributed by atoms with E-state index in [4.69, 9.17) is 11.6 Å². The third kappa shape index (κ3) is 1.16. The molecule has 15 heavy (non-hydrogen) atoms. The average molecular weight is 221 g/mol. The van der Waals surface area contributed by atoms with Crippen LogP contribution in [0.5, 0.6) is 5.75 Å². The van der Waals surface area contributed by atoms with Crippen molar-refractivity contribution < 1.29 is 5.11 Å². The summed E-state index contributed by atoms with van der Waals surface area (Å²) in [6, 6.07) is 5.47. The standard InChI is InChI=1S/C11H9ClN2O/c12-7-2-3-8-9(6-7)14-5-1-4-13-11(14)10(8)15/h2-4,6,15H,1,5H2. The summed E-state index contributed by atoms with van der Waals surface area (Å²) < 4.78 is 2.00. The molecule has 0 bridgehead atoms. The van der Waals surface area contributed by atoms with E-state index in [0.29, 0.717) is 10.8 Å². The van der Waals surface area contributed by atoms with Gasteiger partial charge in [0.15, 0.2) is 11.6 Å². The molecule has 1 aromatic carbocycles. The number of hydrogen-bond donors (Lipinski definition) is 1. The number of halogens is 1. The number of rotatable bonds is 0. The van der Waals surface area contributed by atoms with Gasteiger partial charge in [-0.2, -0.15) is 0 Å². The summed E-state index contributed by atoms with van der Waals surface area (Å²) in [6.07, 6.45) is 2.72. The predicted octanol–water partition coefficient (Wildman–Crippen LogP) is 3.11. The summed E-state index contributed by atoms with van der Waals surface area (Å²) in [4.78, 5) is 4.20. The minimum absolute atomic E-state index is 0.248. The Morgan fingerprint density at radius 1 is 1.40 bits per heavy atom. The molecular formula is C11H9ClN2O. The van der Waals surface area contributed by atoms with Crippen LogP contribution >= 0.6 is 11.6 Å². The molecule has 0 fully saturated rings. The van der Waals surface area contributed by atoms with Gasteiger partial charge in [-0.1, -0.05) is 11.6 Å². The molecule has 0 saturated heterocycles. The number of aryl methyl sites for hydroxylation is 1. The van der Waals surface area contributed by atoms with Gasteiger partial charge in [0.25, 0.3) is 0 Å². The van der Waals surface area contributed by atoms with Gasteiger partial charge in [0, 0.05) is 29.6 Å². The van der Waals surface area contributed by atoms with Crippen molar-refractivity contribution in [3.05, 3.63) is 23.2 Å². The molecule has 0 spiro atoms. The Hall–Kier alpha value is -1.48. The maximum Gasteiger partial charge on any atom is 0.176 e. The van der Waals surface area contributed by atoms with E-state index in [-0.39, 0.29) is 5.75 Å². The lowest BCUT2D eigenvalue weighted by Crippen LogP contribution is -2.01. The van der Waals surface area contributed by atoms with Crippen molar-refractivity contribution in [2.45, 2.75) is 13.0 Å². The minimum atomic E-state index is 0.248. The molecule has 0 atom stereocenters. The fourth-order valence-electron chi connectivity index (χ4n) is 1.99. The zero-order valence-corrected chi connectivity index (χ0v) is 8.70. The molecule has 1 N–H and O–H groups in total. The molecule has 1 aliphatic rings. The van der Waals surface area contributed by atoms with E-state index >= 15 is 0 Å². The molecule has 1 aromatic heterocycles. The van der Waals surface area contributed by atoms with Gasteiger partial charge in [-0.15, -0.1) is 0 Å². The first-order chi connectivity index (χ1) is 7.27. The van der Waals surface area contributed by atoms with E-state index in [0.717, 1.165) is 23.9 Å². The quantitative estimate of drug-likeness (QED) is 0.728. The van der Waals surface area contributed by atoms with E-state index in [1.807, 2.05) is 22.9 Å². The summed E-state index contributed by atoms with van der Waals surface area (Å²) in [5.41, 5.74) is 0.951. The number of aliphatic imine (C=N–C) groups is 1. The molecule has 2 heterocycles. The Labute approximate surface area is 91.6 Å². The molecule has 0 aliphatic carbocycles. The number of benzene rings is 1. The van der Waals surface area contributed by atoms with Crippen LogP contribution in [0.2, 0.25) is 5.02 Å². The zero-order valence-electron chi connectivity index (χ0n) is 7.94. The van der Waals surface area contributed by atoms with Crippen molar-refractivity contribution in [1.82, 2.24) is 4.57 Å². The molecule has 0 saturated carbocycles. The second-order valence-electron chi connectivity index (χ2n) is 3.59. The van der Waals surface area contributed by atoms with Crippen LogP contribution in [0.15, 0.2) is 23.2 Å². The highest BCUT2D eigenvalue weighted by Crippen LogP contribution is 2.40. The van der Waals surface area contributed by atoms with Crippen LogP contribution in [-0.4, -0.2) is 15.9 Å². The lowest BCUT2D eigenvalue weighted by atomic mass is 10.2. The molecule has 4 heteroatoms. The number of aromatic nitrogens is 1. The first kappa shape index (κ1) is 8.80. The lowest BCUT2D eigenvalue weighted by molar-refractivity contribution is 0.480. The molecule has 0 amide bonds. The Kier molecular flexibility index (Phi) is 1.76. The molecule has 2 aromatic rings. The zero-order chi connectivity index (χ0) is 10.4. The fourth-order valence-corrected chi connectivity index (χ4v) is 2.15. The van der Waals surface area contributed by atoms with E-state index in [2.05, 4.69) is 4.99 Å². The van der Waals surface area contributed by atoms with Gasteiger partial charge < -0.3 is 9.67 Å². The second-order valence-corrected chi connectivity index (χ2v) is 4.02. The first-order valence-corrected chi connectivity index (χ1v) is 5.18. The summed E-state index contributed by atoms with van der Waals surface area (Å²) in [7, 11) is 0. The predicted molar refractivity (Wildman–Crippen MR) is 61.4 cm³/mol. The first-order valence-electron chi connectivity index (χ1n) is 4.80. The molecule has 0 unspecified atom stereocenters. The van der Waals surface area contributed by atoms with Gasteiger partial charge in [0.05, 0.1) is 5.52 Å². The van der Waals surface area contributed by atoms with Gasteiger partial charge in [-0.05, 0) is 18.2 Å². The van der Waals surface area contributed by atoms with Crippen LogP contribution in [-0.2, 0) is 6.54 Å². The van der Waals surface area contributed by atoms with E-state index in [1.54, 1.807) is 6.07 Å². The Morgan fingerprint density at radius 2 is 2.27 bits per heavy atom.